The highest BCUT2D eigenvalue weighted by Crippen LogP contribution is 2.19. The van der Waals surface area contributed by atoms with Crippen LogP contribution in [0.15, 0.2) is 54.7 Å². The van der Waals surface area contributed by atoms with Crippen LogP contribution in [0.2, 0.25) is 0 Å². The number of amides is 2. The molecule has 2 aromatic carbocycles. The van der Waals surface area contributed by atoms with E-state index in [0.717, 1.165) is 22.9 Å². The summed E-state index contributed by atoms with van der Waals surface area (Å²) in [5, 5.41) is 3.78. The van der Waals surface area contributed by atoms with Gasteiger partial charge in [0, 0.05) is 29.1 Å². The molecule has 0 aliphatic rings. The van der Waals surface area contributed by atoms with Crippen LogP contribution in [0.25, 0.3) is 10.9 Å². The highest BCUT2D eigenvalue weighted by Gasteiger charge is 2.22. The van der Waals surface area contributed by atoms with Gasteiger partial charge in [-0.3, -0.25) is 15.0 Å². The van der Waals surface area contributed by atoms with Crippen molar-refractivity contribution in [3.8, 4) is 5.75 Å². The van der Waals surface area contributed by atoms with Gasteiger partial charge in [0.1, 0.15) is 11.8 Å². The molecule has 0 radical (unpaired) electrons. The molecule has 0 saturated heterocycles. The number of carbonyl (C=O) groups excluding carboxylic acids is 2. The van der Waals surface area contributed by atoms with Crippen LogP contribution < -0.4 is 21.3 Å². The average molecular weight is 409 g/mol. The Bertz CT molecular complexity index is 995. The van der Waals surface area contributed by atoms with Crippen LogP contribution in [0, 0.1) is 5.92 Å². The number of aromatic amines is 1. The molecule has 2 amide bonds. The maximum absolute atomic E-state index is 12.7. The fraction of sp³-hybridized carbons (Fsp3) is 0.304. The van der Waals surface area contributed by atoms with E-state index in [0.29, 0.717) is 30.3 Å². The second kappa shape index (κ2) is 9.93. The maximum atomic E-state index is 12.7. The van der Waals surface area contributed by atoms with Gasteiger partial charge in [0.25, 0.3) is 11.8 Å². The van der Waals surface area contributed by atoms with Gasteiger partial charge in [0.05, 0.1) is 6.61 Å². The zero-order valence-corrected chi connectivity index (χ0v) is 17.3. The van der Waals surface area contributed by atoms with Crippen molar-refractivity contribution < 1.29 is 14.3 Å². The van der Waals surface area contributed by atoms with Gasteiger partial charge in [-0.15, -0.1) is 0 Å². The largest absolute Gasteiger partial charge is 0.494 e. The molecule has 1 aromatic heterocycles. The summed E-state index contributed by atoms with van der Waals surface area (Å²) in [7, 11) is 0. The fourth-order valence-corrected chi connectivity index (χ4v) is 3.19. The van der Waals surface area contributed by atoms with Crippen LogP contribution in [0.3, 0.4) is 0 Å². The summed E-state index contributed by atoms with van der Waals surface area (Å²) in [5.74, 6) is 5.81. The third kappa shape index (κ3) is 5.39. The van der Waals surface area contributed by atoms with Crippen LogP contribution in [0.5, 0.6) is 5.75 Å². The normalized spacial score (nSPS) is 12.0. The molecule has 7 nitrogen and oxygen atoms in total. The number of benzene rings is 2. The van der Waals surface area contributed by atoms with Gasteiger partial charge in [-0.2, -0.15) is 0 Å². The lowest BCUT2D eigenvalue weighted by Gasteiger charge is -2.17. The third-order valence-electron chi connectivity index (χ3n) is 4.94. The van der Waals surface area contributed by atoms with Crippen molar-refractivity contribution in [3.05, 3.63) is 65.9 Å². The minimum absolute atomic E-state index is 0.315. The van der Waals surface area contributed by atoms with Crippen LogP contribution in [0.4, 0.5) is 0 Å². The first-order valence-electron chi connectivity index (χ1n) is 10.1. The molecular formula is C23H28N4O3. The van der Waals surface area contributed by atoms with Crippen LogP contribution in [0.1, 0.15) is 36.2 Å². The molecular weight excluding hydrogens is 380 g/mol. The van der Waals surface area contributed by atoms with Gasteiger partial charge in [-0.05, 0) is 48.2 Å². The molecule has 1 atom stereocenters. The van der Waals surface area contributed by atoms with E-state index in [2.05, 4.69) is 29.6 Å². The summed E-state index contributed by atoms with van der Waals surface area (Å²) < 4.78 is 5.68. The summed E-state index contributed by atoms with van der Waals surface area (Å²) in [4.78, 5) is 28.2. The number of hydrogen-bond donors (Lipinski definition) is 4. The molecule has 3 rings (SSSR count). The fourth-order valence-electron chi connectivity index (χ4n) is 3.19. The number of nitrogens with one attached hydrogen (secondary N) is 3. The number of aromatic nitrogens is 1. The van der Waals surface area contributed by atoms with Crippen molar-refractivity contribution in [2.45, 2.75) is 32.7 Å². The van der Waals surface area contributed by atoms with Gasteiger partial charge in [0.15, 0.2) is 0 Å². The van der Waals surface area contributed by atoms with Crippen LogP contribution in [-0.4, -0.2) is 29.4 Å². The first-order chi connectivity index (χ1) is 14.5. The van der Waals surface area contributed by atoms with E-state index in [1.807, 2.05) is 30.5 Å². The number of carbonyl (C=O) groups is 2. The van der Waals surface area contributed by atoms with Crippen LogP contribution >= 0.6 is 0 Å². The summed E-state index contributed by atoms with van der Waals surface area (Å²) in [6, 6.07) is 13.9. The van der Waals surface area contributed by atoms with Crippen molar-refractivity contribution in [1.29, 1.82) is 0 Å². The van der Waals surface area contributed by atoms with Gasteiger partial charge in [0.2, 0.25) is 0 Å². The molecule has 0 bridgehead atoms. The van der Waals surface area contributed by atoms with Crippen molar-refractivity contribution in [3.63, 3.8) is 0 Å². The van der Waals surface area contributed by atoms with Crippen molar-refractivity contribution >= 4 is 22.7 Å². The van der Waals surface area contributed by atoms with Crippen molar-refractivity contribution in [2.75, 3.05) is 6.61 Å². The molecule has 3 aromatic rings. The van der Waals surface area contributed by atoms with Gasteiger partial charge in [-0.1, -0.05) is 32.0 Å². The van der Waals surface area contributed by atoms with E-state index in [1.165, 1.54) is 0 Å². The predicted molar refractivity (Wildman–Crippen MR) is 117 cm³/mol. The first-order valence-corrected chi connectivity index (χ1v) is 10.1. The number of ether oxygens (including phenoxy) is 1. The van der Waals surface area contributed by atoms with E-state index in [1.54, 1.807) is 24.3 Å². The van der Waals surface area contributed by atoms with Gasteiger partial charge < -0.3 is 15.0 Å². The Morgan fingerprint density at radius 3 is 2.53 bits per heavy atom. The minimum atomic E-state index is -0.802. The van der Waals surface area contributed by atoms with Gasteiger partial charge in [-0.25, -0.2) is 5.84 Å². The maximum Gasteiger partial charge on any atom is 0.256 e. The smallest absolute Gasteiger partial charge is 0.256 e. The quantitative estimate of drug-likeness (QED) is 0.248. The molecule has 0 spiro atoms. The monoisotopic (exact) mass is 408 g/mol. The standard InChI is InChI=1S/C23H28N4O3/c1-15(2)11-12-30-18-9-7-16(8-10-18)22(28)26-21(23(29)27-24)13-17-14-25-20-6-4-3-5-19(17)20/h3-10,14-15,21,25H,11-13,24H2,1-2H3,(H,26,28)(H,27,29). The molecule has 7 heteroatoms. The number of rotatable bonds is 9. The summed E-state index contributed by atoms with van der Waals surface area (Å²) in [5.41, 5.74) is 4.48. The van der Waals surface area contributed by atoms with E-state index in [4.69, 9.17) is 10.6 Å². The molecule has 1 unspecified atom stereocenters. The lowest BCUT2D eigenvalue weighted by Crippen LogP contribution is -2.50. The molecule has 0 fully saturated rings. The second-order valence-corrected chi connectivity index (χ2v) is 7.65. The third-order valence-corrected chi connectivity index (χ3v) is 4.94. The molecule has 1 heterocycles. The highest BCUT2D eigenvalue weighted by atomic mass is 16.5. The summed E-state index contributed by atoms with van der Waals surface area (Å²) >= 11 is 0. The van der Waals surface area contributed by atoms with Crippen LogP contribution in [-0.2, 0) is 11.2 Å². The van der Waals surface area contributed by atoms with Crippen molar-refractivity contribution in [2.24, 2.45) is 11.8 Å². The zero-order chi connectivity index (χ0) is 21.5. The molecule has 158 valence electrons. The number of fused-ring (bicyclic) bond motifs is 1. The molecule has 30 heavy (non-hydrogen) atoms. The Balaban J connectivity index is 1.67. The Morgan fingerprint density at radius 1 is 1.10 bits per heavy atom. The van der Waals surface area contributed by atoms with E-state index in [9.17, 15) is 9.59 Å². The number of H-pyrrole nitrogens is 1. The predicted octanol–water partition coefficient (Wildman–Crippen LogP) is 2.92. The Morgan fingerprint density at radius 2 is 1.83 bits per heavy atom. The summed E-state index contributed by atoms with van der Waals surface area (Å²) in [6.07, 6.45) is 3.12. The van der Waals surface area contributed by atoms with E-state index >= 15 is 0 Å². The number of nitrogens with two attached hydrogens (primary N) is 1. The van der Waals surface area contributed by atoms with Gasteiger partial charge >= 0.3 is 0 Å². The lowest BCUT2D eigenvalue weighted by molar-refractivity contribution is -0.123. The molecule has 0 saturated carbocycles. The topological polar surface area (TPSA) is 109 Å². The number of para-hydroxylation sites is 1. The average Bonchev–Trinajstić information content (AvgIpc) is 3.16. The second-order valence-electron chi connectivity index (χ2n) is 7.65. The van der Waals surface area contributed by atoms with Crippen molar-refractivity contribution in [1.82, 2.24) is 15.7 Å². The Hall–Kier alpha value is -3.32. The lowest BCUT2D eigenvalue weighted by atomic mass is 10.0. The molecule has 5 N–H and O–H groups in total. The minimum Gasteiger partial charge on any atom is -0.494 e. The molecule has 0 aliphatic heterocycles. The van der Waals surface area contributed by atoms with E-state index in [-0.39, 0.29) is 5.91 Å². The van der Waals surface area contributed by atoms with E-state index < -0.39 is 11.9 Å². The number of hydrogen-bond acceptors (Lipinski definition) is 4. The zero-order valence-electron chi connectivity index (χ0n) is 17.3. The Kier molecular flexibility index (Phi) is 7.08. The highest BCUT2D eigenvalue weighted by molar-refractivity contribution is 5.98. The molecule has 0 aliphatic carbocycles. The number of hydrazine groups is 1. The Labute approximate surface area is 176 Å². The SMILES string of the molecule is CC(C)CCOc1ccc(C(=O)NC(Cc2c[nH]c3ccccc23)C(=O)NN)cc1. The summed E-state index contributed by atoms with van der Waals surface area (Å²) in [6.45, 7) is 4.91. The first kappa shape index (κ1) is 21.4.